The van der Waals surface area contributed by atoms with Crippen LogP contribution in [0.3, 0.4) is 0 Å². The van der Waals surface area contributed by atoms with Crippen LogP contribution in [0.5, 0.6) is 0 Å². The highest BCUT2D eigenvalue weighted by Gasteiger charge is 2.08. The quantitative estimate of drug-likeness (QED) is 0.418. The molecule has 1 fully saturated rings. The topological polar surface area (TPSA) is 41.1 Å². The van der Waals surface area contributed by atoms with Crippen molar-refractivity contribution in [1.29, 1.82) is 0 Å². The fourth-order valence-corrected chi connectivity index (χ4v) is 0.772. The number of rotatable bonds is 1. The lowest BCUT2D eigenvalue weighted by Gasteiger charge is -2.18. The van der Waals surface area contributed by atoms with Crippen molar-refractivity contribution in [3.63, 3.8) is 0 Å². The molecule has 3 heteroatoms. The van der Waals surface area contributed by atoms with Crippen LogP contribution in [-0.2, 0) is 4.79 Å². The van der Waals surface area contributed by atoms with Crippen molar-refractivity contribution in [3.8, 4) is 0 Å². The van der Waals surface area contributed by atoms with E-state index in [1.807, 2.05) is 0 Å². The average Bonchev–Trinajstić information content (AvgIpc) is 1.90. The van der Waals surface area contributed by atoms with Crippen molar-refractivity contribution in [1.82, 2.24) is 10.6 Å². The molecule has 46 valence electrons. The van der Waals surface area contributed by atoms with E-state index in [2.05, 4.69) is 10.6 Å². The first kappa shape index (κ1) is 5.72. The monoisotopic (exact) mass is 114 g/mol. The van der Waals surface area contributed by atoms with Gasteiger partial charge in [0, 0.05) is 19.6 Å². The lowest BCUT2D eigenvalue weighted by atomic mass is 10.3. The summed E-state index contributed by atoms with van der Waals surface area (Å²) in [5.41, 5.74) is 0. The molecular weight excluding hydrogens is 104 g/mol. The smallest absolute Gasteiger partial charge is 0.138 e. The zero-order chi connectivity index (χ0) is 5.82. The summed E-state index contributed by atoms with van der Waals surface area (Å²) < 4.78 is 0. The second kappa shape index (κ2) is 2.79. The minimum absolute atomic E-state index is 0.0451. The molecule has 0 aromatic carbocycles. The minimum atomic E-state index is 0.0451. The fraction of sp³-hybridized carbons (Fsp3) is 0.800. The van der Waals surface area contributed by atoms with Crippen molar-refractivity contribution in [2.24, 2.45) is 0 Å². The van der Waals surface area contributed by atoms with Gasteiger partial charge in [0.15, 0.2) is 0 Å². The molecule has 0 amide bonds. The van der Waals surface area contributed by atoms with Gasteiger partial charge in [0.25, 0.3) is 0 Å². The predicted molar refractivity (Wildman–Crippen MR) is 30.7 cm³/mol. The number of aldehydes is 1. The van der Waals surface area contributed by atoms with Crippen LogP contribution in [0.25, 0.3) is 0 Å². The van der Waals surface area contributed by atoms with Crippen LogP contribution in [0.4, 0.5) is 0 Å². The van der Waals surface area contributed by atoms with Crippen LogP contribution in [0.15, 0.2) is 0 Å². The Hall–Kier alpha value is -0.410. The third-order valence-corrected chi connectivity index (χ3v) is 1.24. The predicted octanol–water partition coefficient (Wildman–Crippen LogP) is -1.25. The van der Waals surface area contributed by atoms with Crippen LogP contribution in [-0.4, -0.2) is 32.0 Å². The molecule has 0 aliphatic carbocycles. The summed E-state index contributed by atoms with van der Waals surface area (Å²) in [6.07, 6.45) is 0.937. The molecule has 1 aliphatic rings. The highest BCUT2D eigenvalue weighted by molar-refractivity contribution is 5.58. The number of carbonyl (C=O) groups excluding carboxylic acids is 1. The minimum Gasteiger partial charge on any atom is -0.313 e. The first-order valence-electron chi connectivity index (χ1n) is 2.83. The molecule has 0 spiro atoms. The molecule has 0 radical (unpaired) electrons. The Morgan fingerprint density at radius 3 is 2.75 bits per heavy atom. The Morgan fingerprint density at radius 1 is 1.50 bits per heavy atom. The Balaban J connectivity index is 2.22. The molecule has 0 aromatic rings. The largest absolute Gasteiger partial charge is 0.313 e. The zero-order valence-electron chi connectivity index (χ0n) is 4.68. The van der Waals surface area contributed by atoms with E-state index in [1.54, 1.807) is 0 Å². The standard InChI is InChI=1S/C5H10N2O/c8-4-5-3-6-1-2-7-5/h4-7H,1-3H2/t5-/m1/s1. The summed E-state index contributed by atoms with van der Waals surface area (Å²) in [6, 6.07) is 0.0451. The van der Waals surface area contributed by atoms with Crippen molar-refractivity contribution < 1.29 is 4.79 Å². The molecule has 0 aromatic heterocycles. The van der Waals surface area contributed by atoms with Crippen molar-refractivity contribution in [2.45, 2.75) is 6.04 Å². The third kappa shape index (κ3) is 1.28. The van der Waals surface area contributed by atoms with Gasteiger partial charge in [-0.15, -0.1) is 0 Å². The number of hydrogen-bond donors (Lipinski definition) is 2. The maximum Gasteiger partial charge on any atom is 0.138 e. The first-order valence-corrected chi connectivity index (χ1v) is 2.83. The first-order chi connectivity index (χ1) is 3.93. The Bertz CT molecular complexity index is 78.5. The number of piperazine rings is 1. The van der Waals surface area contributed by atoms with E-state index in [-0.39, 0.29) is 6.04 Å². The molecule has 0 saturated carbocycles. The summed E-state index contributed by atoms with van der Waals surface area (Å²) in [4.78, 5) is 10.1. The van der Waals surface area contributed by atoms with E-state index >= 15 is 0 Å². The van der Waals surface area contributed by atoms with Crippen molar-refractivity contribution in [2.75, 3.05) is 19.6 Å². The molecule has 1 aliphatic heterocycles. The van der Waals surface area contributed by atoms with Crippen molar-refractivity contribution >= 4 is 6.29 Å². The van der Waals surface area contributed by atoms with Gasteiger partial charge in [-0.2, -0.15) is 0 Å². The number of nitrogens with one attached hydrogen (secondary N) is 2. The molecule has 2 N–H and O–H groups in total. The highest BCUT2D eigenvalue weighted by Crippen LogP contribution is 1.79. The molecule has 1 heterocycles. The van der Waals surface area contributed by atoms with Gasteiger partial charge in [0.2, 0.25) is 0 Å². The van der Waals surface area contributed by atoms with Gasteiger partial charge < -0.3 is 15.4 Å². The lowest BCUT2D eigenvalue weighted by Crippen LogP contribution is -2.48. The molecule has 1 atom stereocenters. The summed E-state index contributed by atoms with van der Waals surface area (Å²) >= 11 is 0. The van der Waals surface area contributed by atoms with Crippen LogP contribution < -0.4 is 10.6 Å². The maximum absolute atomic E-state index is 10.1. The average molecular weight is 114 g/mol. The van der Waals surface area contributed by atoms with E-state index in [0.29, 0.717) is 0 Å². The Morgan fingerprint density at radius 2 is 2.38 bits per heavy atom. The highest BCUT2D eigenvalue weighted by atomic mass is 16.1. The summed E-state index contributed by atoms with van der Waals surface area (Å²) in [5, 5.41) is 6.13. The van der Waals surface area contributed by atoms with Crippen LogP contribution in [0.2, 0.25) is 0 Å². The number of hydrogen-bond acceptors (Lipinski definition) is 3. The molecular formula is C5H10N2O. The van der Waals surface area contributed by atoms with Gasteiger partial charge in [-0.3, -0.25) is 0 Å². The maximum atomic E-state index is 10.1. The third-order valence-electron chi connectivity index (χ3n) is 1.24. The van der Waals surface area contributed by atoms with Gasteiger partial charge in [0.1, 0.15) is 6.29 Å². The van der Waals surface area contributed by atoms with Crippen molar-refractivity contribution in [3.05, 3.63) is 0 Å². The summed E-state index contributed by atoms with van der Waals surface area (Å²) in [6.45, 7) is 2.66. The van der Waals surface area contributed by atoms with Gasteiger partial charge in [0.05, 0.1) is 6.04 Å². The van der Waals surface area contributed by atoms with E-state index in [1.165, 1.54) is 0 Å². The summed E-state index contributed by atoms with van der Waals surface area (Å²) in [7, 11) is 0. The molecule has 0 bridgehead atoms. The van der Waals surface area contributed by atoms with Gasteiger partial charge in [-0.25, -0.2) is 0 Å². The van der Waals surface area contributed by atoms with E-state index < -0.39 is 0 Å². The molecule has 1 rings (SSSR count). The Kier molecular flexibility index (Phi) is 2.00. The SMILES string of the molecule is O=C[C@H]1CNCCN1. The zero-order valence-corrected chi connectivity index (χ0v) is 4.68. The molecule has 8 heavy (non-hydrogen) atoms. The summed E-state index contributed by atoms with van der Waals surface area (Å²) in [5.74, 6) is 0. The van der Waals surface area contributed by atoms with E-state index in [0.717, 1.165) is 25.9 Å². The van der Waals surface area contributed by atoms with E-state index in [4.69, 9.17) is 0 Å². The van der Waals surface area contributed by atoms with Crippen LogP contribution in [0, 0.1) is 0 Å². The lowest BCUT2D eigenvalue weighted by molar-refractivity contribution is -0.109. The number of carbonyl (C=O) groups is 1. The second-order valence-corrected chi connectivity index (χ2v) is 1.90. The van der Waals surface area contributed by atoms with Crippen LogP contribution in [0.1, 0.15) is 0 Å². The molecule has 1 saturated heterocycles. The van der Waals surface area contributed by atoms with Gasteiger partial charge in [-0.1, -0.05) is 0 Å². The molecule has 3 nitrogen and oxygen atoms in total. The van der Waals surface area contributed by atoms with Gasteiger partial charge in [-0.05, 0) is 0 Å². The van der Waals surface area contributed by atoms with Gasteiger partial charge >= 0.3 is 0 Å². The van der Waals surface area contributed by atoms with E-state index in [9.17, 15) is 4.79 Å². The fourth-order valence-electron chi connectivity index (χ4n) is 0.772. The molecule has 0 unspecified atom stereocenters. The second-order valence-electron chi connectivity index (χ2n) is 1.90. The normalized spacial score (nSPS) is 29.8. The Labute approximate surface area is 48.5 Å². The van der Waals surface area contributed by atoms with Crippen LogP contribution >= 0.6 is 0 Å².